The SMILES string of the molecule is CCOC(=O)C(=O)c1cc2c(Br)cccc2n1C. The van der Waals surface area contributed by atoms with Crippen molar-refractivity contribution in [3.8, 4) is 0 Å². The van der Waals surface area contributed by atoms with Crippen LogP contribution in [0.15, 0.2) is 28.7 Å². The van der Waals surface area contributed by atoms with E-state index in [1.807, 2.05) is 18.2 Å². The molecule has 2 rings (SSSR count). The molecule has 0 spiro atoms. The molecule has 2 aromatic rings. The normalized spacial score (nSPS) is 10.6. The summed E-state index contributed by atoms with van der Waals surface area (Å²) < 4.78 is 7.31. The molecular weight excluding hydrogens is 298 g/mol. The standard InChI is InChI=1S/C13H12BrNO3/c1-3-18-13(17)12(16)11-7-8-9(14)5-4-6-10(8)15(11)2/h4-7H,3H2,1-2H3. The van der Waals surface area contributed by atoms with Crippen LogP contribution in [0.3, 0.4) is 0 Å². The quantitative estimate of drug-likeness (QED) is 0.497. The maximum Gasteiger partial charge on any atom is 0.381 e. The van der Waals surface area contributed by atoms with E-state index in [1.165, 1.54) is 0 Å². The number of Topliss-reactive ketones (excluding diaryl/α,β-unsaturated/α-hetero) is 1. The van der Waals surface area contributed by atoms with E-state index < -0.39 is 11.8 Å². The Bertz CT molecular complexity index is 630. The van der Waals surface area contributed by atoms with E-state index in [4.69, 9.17) is 4.74 Å². The van der Waals surface area contributed by atoms with Gasteiger partial charge in [-0.05, 0) is 25.1 Å². The minimum Gasteiger partial charge on any atom is -0.460 e. The number of carbonyl (C=O) groups excluding carboxylic acids is 2. The molecule has 0 aliphatic rings. The van der Waals surface area contributed by atoms with Crippen LogP contribution in [0.5, 0.6) is 0 Å². The summed E-state index contributed by atoms with van der Waals surface area (Å²) in [7, 11) is 1.75. The maximum absolute atomic E-state index is 11.9. The van der Waals surface area contributed by atoms with Crippen LogP contribution in [-0.2, 0) is 16.6 Å². The summed E-state index contributed by atoms with van der Waals surface area (Å²) in [5, 5.41) is 0.896. The van der Waals surface area contributed by atoms with Crippen molar-refractivity contribution in [2.75, 3.05) is 6.61 Å². The number of aromatic nitrogens is 1. The van der Waals surface area contributed by atoms with Crippen LogP contribution in [0, 0.1) is 0 Å². The molecule has 1 heterocycles. The van der Waals surface area contributed by atoms with Crippen molar-refractivity contribution in [2.45, 2.75) is 6.92 Å². The Kier molecular flexibility index (Phi) is 3.52. The zero-order valence-electron chi connectivity index (χ0n) is 10.1. The van der Waals surface area contributed by atoms with Crippen molar-refractivity contribution in [3.63, 3.8) is 0 Å². The molecule has 94 valence electrons. The molecule has 0 aliphatic heterocycles. The lowest BCUT2D eigenvalue weighted by atomic mass is 10.2. The van der Waals surface area contributed by atoms with Gasteiger partial charge in [0.25, 0.3) is 5.78 Å². The summed E-state index contributed by atoms with van der Waals surface area (Å²) in [5.74, 6) is -1.44. The van der Waals surface area contributed by atoms with Gasteiger partial charge in [0.2, 0.25) is 0 Å². The summed E-state index contributed by atoms with van der Waals surface area (Å²) in [6, 6.07) is 7.35. The van der Waals surface area contributed by atoms with Crippen molar-refractivity contribution in [2.24, 2.45) is 7.05 Å². The number of aryl methyl sites for hydroxylation is 1. The number of fused-ring (bicyclic) bond motifs is 1. The molecule has 0 aliphatic carbocycles. The fourth-order valence-electron chi connectivity index (χ4n) is 1.84. The van der Waals surface area contributed by atoms with Crippen LogP contribution in [0.1, 0.15) is 17.4 Å². The highest BCUT2D eigenvalue weighted by Gasteiger charge is 2.22. The maximum atomic E-state index is 11.9. The molecule has 0 fully saturated rings. The fourth-order valence-corrected chi connectivity index (χ4v) is 2.31. The molecule has 0 saturated carbocycles. The Morgan fingerprint density at radius 3 is 2.72 bits per heavy atom. The highest BCUT2D eigenvalue weighted by molar-refractivity contribution is 9.10. The molecule has 0 bridgehead atoms. The molecule has 0 saturated heterocycles. The second-order valence-electron chi connectivity index (χ2n) is 3.81. The topological polar surface area (TPSA) is 48.3 Å². The van der Waals surface area contributed by atoms with Gasteiger partial charge in [-0.1, -0.05) is 22.0 Å². The zero-order valence-corrected chi connectivity index (χ0v) is 11.7. The average Bonchev–Trinajstić information content (AvgIpc) is 2.68. The molecule has 0 atom stereocenters. The molecule has 0 radical (unpaired) electrons. The van der Waals surface area contributed by atoms with Crippen molar-refractivity contribution < 1.29 is 14.3 Å². The molecule has 5 heteroatoms. The van der Waals surface area contributed by atoms with E-state index in [0.717, 1.165) is 15.4 Å². The molecule has 0 N–H and O–H groups in total. The first-order valence-electron chi connectivity index (χ1n) is 5.51. The minimum absolute atomic E-state index is 0.193. The van der Waals surface area contributed by atoms with Crippen molar-refractivity contribution in [1.29, 1.82) is 0 Å². The number of esters is 1. The van der Waals surface area contributed by atoms with Gasteiger partial charge < -0.3 is 9.30 Å². The van der Waals surface area contributed by atoms with E-state index in [9.17, 15) is 9.59 Å². The second-order valence-corrected chi connectivity index (χ2v) is 4.67. The molecule has 0 amide bonds. The minimum atomic E-state index is -0.820. The third-order valence-corrected chi connectivity index (χ3v) is 3.42. The van der Waals surface area contributed by atoms with Gasteiger partial charge in [-0.15, -0.1) is 0 Å². The fraction of sp³-hybridized carbons (Fsp3) is 0.231. The molecule has 4 nitrogen and oxygen atoms in total. The van der Waals surface area contributed by atoms with E-state index >= 15 is 0 Å². The van der Waals surface area contributed by atoms with Crippen LogP contribution in [0.25, 0.3) is 10.9 Å². The summed E-state index contributed by atoms with van der Waals surface area (Å²) in [4.78, 5) is 23.4. The van der Waals surface area contributed by atoms with Crippen molar-refractivity contribution >= 4 is 38.6 Å². The lowest BCUT2D eigenvalue weighted by Gasteiger charge is -2.03. The highest BCUT2D eigenvalue weighted by Crippen LogP contribution is 2.26. The molecule has 1 aromatic heterocycles. The number of ether oxygens (including phenoxy) is 1. The predicted molar refractivity (Wildman–Crippen MR) is 71.6 cm³/mol. The lowest BCUT2D eigenvalue weighted by molar-refractivity contribution is -0.137. The Balaban J connectivity index is 2.52. The number of benzene rings is 1. The van der Waals surface area contributed by atoms with E-state index in [1.54, 1.807) is 24.6 Å². The van der Waals surface area contributed by atoms with Crippen molar-refractivity contribution in [1.82, 2.24) is 4.57 Å². The van der Waals surface area contributed by atoms with Crippen LogP contribution >= 0.6 is 15.9 Å². The van der Waals surface area contributed by atoms with Crippen LogP contribution in [0.4, 0.5) is 0 Å². The van der Waals surface area contributed by atoms with E-state index in [-0.39, 0.29) is 6.61 Å². The number of carbonyl (C=O) groups is 2. The first kappa shape index (κ1) is 12.8. The molecular formula is C13H12BrNO3. The lowest BCUT2D eigenvalue weighted by Crippen LogP contribution is -2.19. The van der Waals surface area contributed by atoms with Crippen molar-refractivity contribution in [3.05, 3.63) is 34.4 Å². The van der Waals surface area contributed by atoms with Gasteiger partial charge in [0.1, 0.15) is 0 Å². The first-order chi connectivity index (χ1) is 8.56. The average molecular weight is 310 g/mol. The number of ketones is 1. The number of hydrogen-bond acceptors (Lipinski definition) is 3. The van der Waals surface area contributed by atoms with Gasteiger partial charge in [-0.2, -0.15) is 0 Å². The van der Waals surface area contributed by atoms with E-state index in [2.05, 4.69) is 15.9 Å². The van der Waals surface area contributed by atoms with Gasteiger partial charge in [0.05, 0.1) is 12.3 Å². The number of hydrogen-bond donors (Lipinski definition) is 0. The predicted octanol–water partition coefficient (Wildman–Crippen LogP) is 2.69. The number of rotatable bonds is 3. The van der Waals surface area contributed by atoms with Crippen LogP contribution in [0.2, 0.25) is 0 Å². The van der Waals surface area contributed by atoms with E-state index in [0.29, 0.717) is 5.69 Å². The summed E-state index contributed by atoms with van der Waals surface area (Å²) in [6.45, 7) is 1.86. The second kappa shape index (κ2) is 4.94. The van der Waals surface area contributed by atoms with Gasteiger partial charge in [-0.25, -0.2) is 4.79 Å². The Hall–Kier alpha value is -1.62. The van der Waals surface area contributed by atoms with Gasteiger partial charge in [0, 0.05) is 22.4 Å². The third-order valence-electron chi connectivity index (χ3n) is 2.73. The third kappa shape index (κ3) is 2.06. The number of halogens is 1. The largest absolute Gasteiger partial charge is 0.460 e. The van der Waals surface area contributed by atoms with Crippen LogP contribution < -0.4 is 0 Å². The monoisotopic (exact) mass is 309 g/mol. The molecule has 0 unspecified atom stereocenters. The highest BCUT2D eigenvalue weighted by atomic mass is 79.9. The first-order valence-corrected chi connectivity index (χ1v) is 6.31. The Labute approximate surface area is 113 Å². The van der Waals surface area contributed by atoms with Gasteiger partial charge in [-0.3, -0.25) is 4.79 Å². The van der Waals surface area contributed by atoms with Gasteiger partial charge >= 0.3 is 5.97 Å². The zero-order chi connectivity index (χ0) is 13.3. The van der Waals surface area contributed by atoms with Gasteiger partial charge in [0.15, 0.2) is 0 Å². The van der Waals surface area contributed by atoms with Crippen LogP contribution in [-0.4, -0.2) is 22.9 Å². The summed E-state index contributed by atoms with van der Waals surface area (Å²) in [5.41, 5.74) is 1.22. The number of nitrogens with zero attached hydrogens (tertiary/aromatic N) is 1. The smallest absolute Gasteiger partial charge is 0.381 e. The molecule has 1 aromatic carbocycles. The molecule has 18 heavy (non-hydrogen) atoms. The Morgan fingerprint density at radius 2 is 2.11 bits per heavy atom. The Morgan fingerprint density at radius 1 is 1.39 bits per heavy atom. The summed E-state index contributed by atoms with van der Waals surface area (Å²) in [6.07, 6.45) is 0. The summed E-state index contributed by atoms with van der Waals surface area (Å²) >= 11 is 3.42.